The minimum Gasteiger partial charge on any atom is -0.455 e. The van der Waals surface area contributed by atoms with Gasteiger partial charge in [0, 0.05) is 16.9 Å². The lowest BCUT2D eigenvalue weighted by atomic mass is 9.95. The van der Waals surface area contributed by atoms with Gasteiger partial charge in [0.25, 0.3) is 0 Å². The highest BCUT2D eigenvalue weighted by atomic mass is 32.1. The van der Waals surface area contributed by atoms with Crippen LogP contribution >= 0.6 is 12.2 Å². The van der Waals surface area contributed by atoms with Crippen LogP contribution in [0, 0.1) is 10.5 Å². The second-order valence-corrected chi connectivity index (χ2v) is 6.44. The molecule has 0 aliphatic rings. The summed E-state index contributed by atoms with van der Waals surface area (Å²) in [6.07, 6.45) is 0. The quantitative estimate of drug-likeness (QED) is 0.644. The fourth-order valence-corrected chi connectivity index (χ4v) is 2.30. The molecule has 0 atom stereocenters. The second kappa shape index (κ2) is 4.77. The predicted octanol–water partition coefficient (Wildman–Crippen LogP) is 4.99. The molecule has 0 radical (unpaired) electrons. The van der Waals surface area contributed by atoms with Crippen LogP contribution in [0.1, 0.15) is 26.6 Å². The van der Waals surface area contributed by atoms with Crippen molar-refractivity contribution in [2.24, 2.45) is 0 Å². The van der Waals surface area contributed by atoms with Crippen molar-refractivity contribution < 1.29 is 8.81 Å². The third-order valence-electron chi connectivity index (χ3n) is 3.20. The van der Waals surface area contributed by atoms with Gasteiger partial charge in [0.05, 0.1) is 5.69 Å². The first-order valence-electron chi connectivity index (χ1n) is 6.64. The lowest BCUT2D eigenvalue weighted by molar-refractivity contribution is 0.542. The van der Waals surface area contributed by atoms with Gasteiger partial charge in [-0.25, -0.2) is 9.37 Å². The van der Waals surface area contributed by atoms with Crippen LogP contribution in [0.4, 0.5) is 4.39 Å². The molecule has 0 unspecified atom stereocenters. The zero-order chi connectivity index (χ0) is 15.2. The SMILES string of the molecule is CC(C)(C)c1nc(=S)cc(-c2cc3cc(F)ccc3o2)[nH]1. The van der Waals surface area contributed by atoms with Crippen molar-refractivity contribution in [3.05, 3.63) is 46.6 Å². The maximum Gasteiger partial charge on any atom is 0.151 e. The highest BCUT2D eigenvalue weighted by Gasteiger charge is 2.18. The van der Waals surface area contributed by atoms with Gasteiger partial charge in [0.1, 0.15) is 21.9 Å². The van der Waals surface area contributed by atoms with E-state index in [1.54, 1.807) is 18.2 Å². The number of benzene rings is 1. The molecule has 5 heteroatoms. The maximum absolute atomic E-state index is 13.3. The standard InChI is InChI=1S/C16H15FN2OS/c1-16(2,3)15-18-11(8-14(21)19-15)13-7-9-6-10(17)4-5-12(9)20-13/h4-8H,1-3H3,(H,18,19,21). The molecule has 1 aromatic carbocycles. The second-order valence-electron chi connectivity index (χ2n) is 6.02. The fourth-order valence-electron chi connectivity index (χ4n) is 2.09. The Balaban J connectivity index is 2.18. The van der Waals surface area contributed by atoms with E-state index >= 15 is 0 Å². The summed E-state index contributed by atoms with van der Waals surface area (Å²) >= 11 is 5.22. The third-order valence-corrected chi connectivity index (χ3v) is 3.41. The van der Waals surface area contributed by atoms with Gasteiger partial charge in [-0.05, 0) is 24.3 Å². The number of hydrogen-bond acceptors (Lipinski definition) is 3. The molecule has 108 valence electrons. The Bertz CT molecular complexity index is 874. The lowest BCUT2D eigenvalue weighted by Crippen LogP contribution is -2.16. The molecule has 0 saturated heterocycles. The highest BCUT2D eigenvalue weighted by Crippen LogP contribution is 2.28. The largest absolute Gasteiger partial charge is 0.455 e. The van der Waals surface area contributed by atoms with Crippen LogP contribution in [-0.4, -0.2) is 9.97 Å². The molecule has 0 bridgehead atoms. The van der Waals surface area contributed by atoms with Crippen LogP contribution in [0.2, 0.25) is 0 Å². The van der Waals surface area contributed by atoms with Crippen molar-refractivity contribution in [1.29, 1.82) is 0 Å². The van der Waals surface area contributed by atoms with Crippen molar-refractivity contribution in [2.45, 2.75) is 26.2 Å². The average molecular weight is 302 g/mol. The van der Waals surface area contributed by atoms with E-state index in [2.05, 4.69) is 30.7 Å². The number of fused-ring (bicyclic) bond motifs is 1. The summed E-state index contributed by atoms with van der Waals surface area (Å²) in [6, 6.07) is 7.99. The molecule has 2 aromatic heterocycles. The van der Waals surface area contributed by atoms with Gasteiger partial charge in [-0.3, -0.25) is 0 Å². The lowest BCUT2D eigenvalue weighted by Gasteiger charge is -2.17. The molecule has 0 aliphatic carbocycles. The highest BCUT2D eigenvalue weighted by molar-refractivity contribution is 7.71. The van der Waals surface area contributed by atoms with Gasteiger partial charge in [0.15, 0.2) is 5.76 Å². The predicted molar refractivity (Wildman–Crippen MR) is 83.3 cm³/mol. The molecule has 1 N–H and O–H groups in total. The van der Waals surface area contributed by atoms with Crippen molar-refractivity contribution >= 4 is 23.2 Å². The first-order valence-corrected chi connectivity index (χ1v) is 7.05. The zero-order valence-electron chi connectivity index (χ0n) is 12.0. The Morgan fingerprint density at radius 1 is 1.19 bits per heavy atom. The molecule has 0 amide bonds. The Morgan fingerprint density at radius 3 is 2.67 bits per heavy atom. The van der Waals surface area contributed by atoms with Crippen molar-refractivity contribution in [1.82, 2.24) is 9.97 Å². The Morgan fingerprint density at radius 2 is 1.95 bits per heavy atom. The molecule has 21 heavy (non-hydrogen) atoms. The van der Waals surface area contributed by atoms with Crippen molar-refractivity contribution in [3.63, 3.8) is 0 Å². The topological polar surface area (TPSA) is 41.8 Å². The summed E-state index contributed by atoms with van der Waals surface area (Å²) in [5, 5.41) is 0.721. The van der Waals surface area contributed by atoms with E-state index < -0.39 is 0 Å². The van der Waals surface area contributed by atoms with Crippen LogP contribution in [0.3, 0.4) is 0 Å². The maximum atomic E-state index is 13.3. The summed E-state index contributed by atoms with van der Waals surface area (Å²) in [4.78, 5) is 7.61. The third kappa shape index (κ3) is 2.74. The molecule has 3 aromatic rings. The van der Waals surface area contributed by atoms with Gasteiger partial charge in [0.2, 0.25) is 0 Å². The first-order chi connectivity index (χ1) is 9.83. The molecular weight excluding hydrogens is 287 g/mol. The van der Waals surface area contributed by atoms with E-state index in [-0.39, 0.29) is 11.2 Å². The molecule has 0 aliphatic heterocycles. The smallest absolute Gasteiger partial charge is 0.151 e. The minimum atomic E-state index is -0.284. The molecule has 0 spiro atoms. The number of aromatic nitrogens is 2. The number of rotatable bonds is 1. The molecule has 3 rings (SSSR count). The number of hydrogen-bond donors (Lipinski definition) is 1. The van der Waals surface area contributed by atoms with Crippen LogP contribution in [0.5, 0.6) is 0 Å². The van der Waals surface area contributed by atoms with Gasteiger partial charge < -0.3 is 9.40 Å². The summed E-state index contributed by atoms with van der Waals surface area (Å²) in [5.41, 5.74) is 1.23. The summed E-state index contributed by atoms with van der Waals surface area (Å²) < 4.78 is 19.5. The molecule has 0 saturated carbocycles. The first kappa shape index (κ1) is 13.9. The normalized spacial score (nSPS) is 12.0. The number of aromatic amines is 1. The van der Waals surface area contributed by atoms with E-state index in [0.29, 0.717) is 16.0 Å². The molecular formula is C16H15FN2OS. The Labute approximate surface area is 126 Å². The number of halogens is 1. The minimum absolute atomic E-state index is 0.151. The van der Waals surface area contributed by atoms with Crippen molar-refractivity contribution in [2.75, 3.05) is 0 Å². The molecule has 2 heterocycles. The summed E-state index contributed by atoms with van der Waals surface area (Å²) in [7, 11) is 0. The van der Waals surface area contributed by atoms with Gasteiger partial charge in [-0.1, -0.05) is 33.0 Å². The fraction of sp³-hybridized carbons (Fsp3) is 0.250. The van der Waals surface area contributed by atoms with E-state index in [1.165, 1.54) is 12.1 Å². The number of nitrogens with one attached hydrogen (secondary N) is 1. The van der Waals surface area contributed by atoms with Gasteiger partial charge >= 0.3 is 0 Å². The number of furan rings is 1. The monoisotopic (exact) mass is 302 g/mol. The molecule has 3 nitrogen and oxygen atoms in total. The average Bonchev–Trinajstić information content (AvgIpc) is 2.80. The van der Waals surface area contributed by atoms with Crippen LogP contribution in [-0.2, 0) is 5.41 Å². The Kier molecular flexibility index (Phi) is 3.17. The van der Waals surface area contributed by atoms with Gasteiger partial charge in [-0.2, -0.15) is 0 Å². The van der Waals surface area contributed by atoms with E-state index in [0.717, 1.165) is 16.9 Å². The van der Waals surface area contributed by atoms with Gasteiger partial charge in [-0.15, -0.1) is 0 Å². The zero-order valence-corrected chi connectivity index (χ0v) is 12.8. The van der Waals surface area contributed by atoms with Crippen LogP contribution < -0.4 is 0 Å². The van der Waals surface area contributed by atoms with Crippen molar-refractivity contribution in [3.8, 4) is 11.5 Å². The van der Waals surface area contributed by atoms with Crippen LogP contribution in [0.15, 0.2) is 34.7 Å². The van der Waals surface area contributed by atoms with E-state index in [4.69, 9.17) is 16.6 Å². The summed E-state index contributed by atoms with van der Waals surface area (Å²) in [6.45, 7) is 6.16. The van der Waals surface area contributed by atoms with Crippen LogP contribution in [0.25, 0.3) is 22.4 Å². The number of nitrogens with zero attached hydrogens (tertiary/aromatic N) is 1. The van der Waals surface area contributed by atoms with E-state index in [1.807, 2.05) is 0 Å². The summed E-state index contributed by atoms with van der Waals surface area (Å²) in [5.74, 6) is 1.12. The van der Waals surface area contributed by atoms with E-state index in [9.17, 15) is 4.39 Å². The number of H-pyrrole nitrogens is 1. The molecule has 0 fully saturated rings. The Hall–Kier alpha value is -2.01.